The summed E-state index contributed by atoms with van der Waals surface area (Å²) in [5.74, 6) is 0.00991. The molecule has 0 fully saturated rings. The first kappa shape index (κ1) is 19.3. The predicted molar refractivity (Wildman–Crippen MR) is 105 cm³/mol. The minimum atomic E-state index is -0.594. The van der Waals surface area contributed by atoms with Crippen molar-refractivity contribution in [3.05, 3.63) is 76.7 Å². The Balaban J connectivity index is 1.75. The second-order valence-corrected chi connectivity index (χ2v) is 6.49. The third-order valence-corrected chi connectivity index (χ3v) is 4.39. The molecule has 2 aromatic heterocycles. The number of benzene rings is 1. The van der Waals surface area contributed by atoms with Crippen molar-refractivity contribution in [2.75, 3.05) is 5.73 Å². The van der Waals surface area contributed by atoms with Crippen LogP contribution < -0.4 is 11.1 Å². The lowest BCUT2D eigenvalue weighted by Crippen LogP contribution is -2.14. The third-order valence-electron chi connectivity index (χ3n) is 4.39. The smallest absolute Gasteiger partial charge is 0.190 e. The lowest BCUT2D eigenvalue weighted by atomic mass is 10.0. The van der Waals surface area contributed by atoms with Gasteiger partial charge in [0.15, 0.2) is 5.78 Å². The predicted octanol–water partition coefficient (Wildman–Crippen LogP) is 3.95. The average molecular weight is 380 g/mol. The molecule has 0 saturated heterocycles. The molecule has 0 spiro atoms. The Morgan fingerprint density at radius 1 is 1.32 bits per heavy atom. The molecule has 3 rings (SSSR count). The van der Waals surface area contributed by atoms with Crippen molar-refractivity contribution in [1.29, 1.82) is 0 Å². The first-order chi connectivity index (χ1) is 13.4. The van der Waals surface area contributed by atoms with Crippen LogP contribution in [0.2, 0.25) is 0 Å². The molecule has 7 heteroatoms. The number of carbonyl (C=O) groups is 1. The van der Waals surface area contributed by atoms with E-state index in [2.05, 4.69) is 15.5 Å². The van der Waals surface area contributed by atoms with E-state index in [0.29, 0.717) is 35.1 Å². The van der Waals surface area contributed by atoms with Crippen LogP contribution in [0.25, 0.3) is 11.1 Å². The van der Waals surface area contributed by atoms with Crippen molar-refractivity contribution in [3.63, 3.8) is 0 Å². The Morgan fingerprint density at radius 3 is 2.75 bits per heavy atom. The average Bonchev–Trinajstić information content (AvgIpc) is 2.99. The summed E-state index contributed by atoms with van der Waals surface area (Å²) in [6, 6.07) is 8.12. The Labute approximate surface area is 162 Å². The van der Waals surface area contributed by atoms with Crippen LogP contribution in [0, 0.1) is 19.7 Å². The third kappa shape index (κ3) is 4.09. The standard InChI is InChI=1S/C21H21FN4O2/c1-12(25-11-16-5-4-8-24-21(16)23)9-19(27)17-7-6-15(10-18(17)22)20-13(2)26-28-14(20)3/h4-10,25H,11H2,1-3H3,(H2,23,24). The van der Waals surface area contributed by atoms with E-state index in [1.807, 2.05) is 6.07 Å². The first-order valence-electron chi connectivity index (χ1n) is 8.75. The molecule has 28 heavy (non-hydrogen) atoms. The van der Waals surface area contributed by atoms with E-state index in [4.69, 9.17) is 10.3 Å². The lowest BCUT2D eigenvalue weighted by molar-refractivity contribution is 0.104. The minimum absolute atomic E-state index is 0.00227. The number of anilines is 1. The van der Waals surface area contributed by atoms with Gasteiger partial charge in [0.05, 0.1) is 11.3 Å². The molecule has 0 radical (unpaired) electrons. The highest BCUT2D eigenvalue weighted by Gasteiger charge is 2.16. The fourth-order valence-electron chi connectivity index (χ4n) is 2.93. The number of aromatic nitrogens is 2. The summed E-state index contributed by atoms with van der Waals surface area (Å²) in [6.45, 7) is 5.71. The Bertz CT molecular complexity index is 1040. The number of hydrogen-bond donors (Lipinski definition) is 2. The molecule has 0 unspecified atom stereocenters. The van der Waals surface area contributed by atoms with Gasteiger partial charge in [0.25, 0.3) is 0 Å². The van der Waals surface area contributed by atoms with E-state index in [9.17, 15) is 9.18 Å². The molecule has 0 aliphatic rings. The van der Waals surface area contributed by atoms with E-state index in [0.717, 1.165) is 11.1 Å². The largest absolute Gasteiger partial charge is 0.384 e. The molecular weight excluding hydrogens is 359 g/mol. The zero-order chi connectivity index (χ0) is 20.3. The highest BCUT2D eigenvalue weighted by Crippen LogP contribution is 2.28. The molecule has 0 bridgehead atoms. The number of nitrogen functional groups attached to an aromatic ring is 1. The number of ketones is 1. The fraction of sp³-hybridized carbons (Fsp3) is 0.190. The van der Waals surface area contributed by atoms with Gasteiger partial charge in [-0.25, -0.2) is 9.37 Å². The Hall–Kier alpha value is -3.48. The van der Waals surface area contributed by atoms with E-state index in [1.54, 1.807) is 39.1 Å². The Kier molecular flexibility index (Phi) is 5.54. The van der Waals surface area contributed by atoms with Crippen molar-refractivity contribution < 1.29 is 13.7 Å². The number of aryl methyl sites for hydroxylation is 2. The summed E-state index contributed by atoms with van der Waals surface area (Å²) in [5, 5.41) is 6.96. The molecule has 1 aromatic carbocycles. The van der Waals surface area contributed by atoms with Crippen LogP contribution in [0.3, 0.4) is 0 Å². The molecule has 6 nitrogen and oxygen atoms in total. The van der Waals surface area contributed by atoms with Gasteiger partial charge >= 0.3 is 0 Å². The quantitative estimate of drug-likeness (QED) is 0.497. The van der Waals surface area contributed by atoms with Gasteiger partial charge in [0, 0.05) is 35.6 Å². The maximum Gasteiger partial charge on any atom is 0.190 e. The lowest BCUT2D eigenvalue weighted by Gasteiger charge is -2.09. The fourth-order valence-corrected chi connectivity index (χ4v) is 2.93. The molecule has 0 aliphatic heterocycles. The van der Waals surface area contributed by atoms with Crippen LogP contribution in [-0.4, -0.2) is 15.9 Å². The van der Waals surface area contributed by atoms with Crippen LogP contribution in [0.5, 0.6) is 0 Å². The molecule has 2 heterocycles. The molecule has 3 N–H and O–H groups in total. The van der Waals surface area contributed by atoms with Crippen LogP contribution in [-0.2, 0) is 6.54 Å². The monoisotopic (exact) mass is 380 g/mol. The number of rotatable bonds is 6. The van der Waals surface area contributed by atoms with Crippen molar-refractivity contribution in [2.24, 2.45) is 0 Å². The molecular formula is C21H21FN4O2. The summed E-state index contributed by atoms with van der Waals surface area (Å²) >= 11 is 0. The number of nitrogens with one attached hydrogen (secondary N) is 1. The molecule has 0 aliphatic carbocycles. The summed E-state index contributed by atoms with van der Waals surface area (Å²) in [5.41, 5.74) is 9.24. The van der Waals surface area contributed by atoms with Gasteiger partial charge in [-0.05, 0) is 44.5 Å². The zero-order valence-electron chi connectivity index (χ0n) is 15.9. The van der Waals surface area contributed by atoms with Crippen molar-refractivity contribution >= 4 is 11.6 Å². The number of nitrogens with zero attached hydrogens (tertiary/aromatic N) is 2. The number of pyridine rings is 1. The second-order valence-electron chi connectivity index (χ2n) is 6.49. The highest BCUT2D eigenvalue weighted by molar-refractivity contribution is 6.05. The highest BCUT2D eigenvalue weighted by atomic mass is 19.1. The summed E-state index contributed by atoms with van der Waals surface area (Å²) in [4.78, 5) is 16.5. The Morgan fingerprint density at radius 2 is 2.11 bits per heavy atom. The summed E-state index contributed by atoms with van der Waals surface area (Å²) in [7, 11) is 0. The van der Waals surface area contributed by atoms with Crippen molar-refractivity contribution in [3.8, 4) is 11.1 Å². The molecule has 144 valence electrons. The SMILES string of the molecule is CC(=CC(=O)c1ccc(-c2c(C)noc2C)cc1F)NCc1cccnc1N. The number of allylic oxidation sites excluding steroid dienone is 2. The number of carbonyl (C=O) groups excluding carboxylic acids is 1. The van der Waals surface area contributed by atoms with Gasteiger partial charge in [-0.2, -0.15) is 0 Å². The minimum Gasteiger partial charge on any atom is -0.384 e. The maximum atomic E-state index is 14.6. The van der Waals surface area contributed by atoms with E-state index in [1.165, 1.54) is 18.2 Å². The second kappa shape index (κ2) is 8.04. The van der Waals surface area contributed by atoms with Gasteiger partial charge in [-0.1, -0.05) is 17.3 Å². The van der Waals surface area contributed by atoms with Crippen molar-refractivity contribution in [1.82, 2.24) is 15.5 Å². The van der Waals surface area contributed by atoms with Gasteiger partial charge in [0.2, 0.25) is 0 Å². The number of nitrogens with two attached hydrogens (primary N) is 1. The van der Waals surface area contributed by atoms with Gasteiger partial charge in [-0.15, -0.1) is 0 Å². The number of hydrogen-bond acceptors (Lipinski definition) is 6. The van der Waals surface area contributed by atoms with Crippen molar-refractivity contribution in [2.45, 2.75) is 27.3 Å². The first-order valence-corrected chi connectivity index (χ1v) is 8.75. The molecule has 0 saturated carbocycles. The summed E-state index contributed by atoms with van der Waals surface area (Å²) in [6.07, 6.45) is 2.97. The summed E-state index contributed by atoms with van der Waals surface area (Å²) < 4.78 is 19.7. The topological polar surface area (TPSA) is 94.0 Å². The van der Waals surface area contributed by atoms with Crippen LogP contribution in [0.15, 0.2) is 52.8 Å². The van der Waals surface area contributed by atoms with E-state index >= 15 is 0 Å². The van der Waals surface area contributed by atoms with E-state index < -0.39 is 11.6 Å². The normalized spacial score (nSPS) is 11.5. The molecule has 0 atom stereocenters. The van der Waals surface area contributed by atoms with Gasteiger partial charge in [0.1, 0.15) is 17.4 Å². The zero-order valence-corrected chi connectivity index (χ0v) is 15.9. The van der Waals surface area contributed by atoms with Gasteiger partial charge < -0.3 is 15.6 Å². The molecule has 3 aromatic rings. The van der Waals surface area contributed by atoms with Crippen LogP contribution >= 0.6 is 0 Å². The van der Waals surface area contributed by atoms with Gasteiger partial charge in [-0.3, -0.25) is 4.79 Å². The van der Waals surface area contributed by atoms with Crippen LogP contribution in [0.1, 0.15) is 34.3 Å². The maximum absolute atomic E-state index is 14.6. The number of halogens is 1. The molecule has 0 amide bonds. The van der Waals surface area contributed by atoms with E-state index in [-0.39, 0.29) is 5.56 Å². The van der Waals surface area contributed by atoms with Crippen LogP contribution in [0.4, 0.5) is 10.2 Å².